The monoisotopic (exact) mass is 556 g/mol. The van der Waals surface area contributed by atoms with Crippen molar-refractivity contribution in [1.29, 1.82) is 0 Å². The van der Waals surface area contributed by atoms with Crippen molar-refractivity contribution in [3.05, 3.63) is 82.3 Å². The molecule has 0 saturated heterocycles. The molecule has 5 rings (SSSR count). The van der Waals surface area contributed by atoms with Crippen LogP contribution in [0.3, 0.4) is 0 Å². The second-order valence-electron chi connectivity index (χ2n) is 10.2. The molecule has 0 unspecified atom stereocenters. The Balaban J connectivity index is 1.44. The predicted molar refractivity (Wildman–Crippen MR) is 141 cm³/mol. The number of hydrogen-bond acceptors (Lipinski definition) is 10. The molecular formula is C26H24N2O8S2. The third-order valence-corrected chi connectivity index (χ3v) is 8.58. The summed E-state index contributed by atoms with van der Waals surface area (Å²) in [5.41, 5.74) is 3.05. The van der Waals surface area contributed by atoms with Gasteiger partial charge in [-0.3, -0.25) is 14.3 Å². The van der Waals surface area contributed by atoms with Gasteiger partial charge in [-0.1, -0.05) is 32.7 Å². The van der Waals surface area contributed by atoms with E-state index >= 15 is 0 Å². The van der Waals surface area contributed by atoms with Crippen molar-refractivity contribution >= 4 is 45.0 Å². The number of benzene rings is 2. The number of rotatable bonds is 6. The van der Waals surface area contributed by atoms with Gasteiger partial charge in [-0.2, -0.15) is 8.42 Å². The minimum absolute atomic E-state index is 0.128. The highest BCUT2D eigenvalue weighted by atomic mass is 32.2. The Morgan fingerprint density at radius 1 is 1.03 bits per heavy atom. The highest BCUT2D eigenvalue weighted by Gasteiger charge is 2.41. The van der Waals surface area contributed by atoms with Crippen LogP contribution in [0.15, 0.2) is 85.9 Å². The summed E-state index contributed by atoms with van der Waals surface area (Å²) in [6.45, 7) is 7.59. The molecule has 0 radical (unpaired) electrons. The predicted octanol–water partition coefficient (Wildman–Crippen LogP) is 5.33. The van der Waals surface area contributed by atoms with E-state index in [2.05, 4.69) is 19.7 Å². The van der Waals surface area contributed by atoms with Crippen LogP contribution < -0.4 is 5.32 Å². The van der Waals surface area contributed by atoms with Crippen LogP contribution in [-0.2, 0) is 35.1 Å². The van der Waals surface area contributed by atoms with Gasteiger partial charge < -0.3 is 10.4 Å². The molecule has 0 atom stereocenters. The van der Waals surface area contributed by atoms with Gasteiger partial charge in [-0.25, -0.2) is 5.26 Å². The molecule has 10 nitrogen and oxygen atoms in total. The number of anilines is 1. The smallest absolute Gasteiger partial charge is 0.294 e. The SMILES string of the molecule is CC1(C)C(C=C2C(=O)C(C=C3Nc4ccc(S(=O)(=O)O)cc4C3(C)C)=C2O)=Nc2ccc(SOOO)cc21. The molecule has 2 aromatic carbocycles. The number of carbonyl (C=O) groups excluding carboxylic acids is 1. The van der Waals surface area contributed by atoms with E-state index < -0.39 is 20.9 Å². The number of Topliss-reactive ketones (excluding diaryl/α,β-unsaturated/α-hetero) is 1. The summed E-state index contributed by atoms with van der Waals surface area (Å²) in [4.78, 5) is 18.2. The average Bonchev–Trinajstić information content (AvgIpc) is 3.26. The van der Waals surface area contributed by atoms with E-state index in [0.717, 1.165) is 17.6 Å². The standard InChI is InChI=1S/C26H24N2O8S2/c1-25(2)17-9-13(37-36-35-31)5-7-19(17)27-21(25)11-15-23(29)16(24(15)30)12-22-26(3,4)18-10-14(38(32,33)34)6-8-20(18)28-22/h5-12,28-29,31H,1-4H3,(H,32,33,34). The number of aliphatic imine (C=N–C) groups is 1. The summed E-state index contributed by atoms with van der Waals surface area (Å²) in [7, 11) is -4.37. The van der Waals surface area contributed by atoms with Crippen molar-refractivity contribution < 1.29 is 37.5 Å². The Kier molecular flexibility index (Phi) is 6.17. The number of allylic oxidation sites excluding steroid dienone is 5. The Morgan fingerprint density at radius 3 is 2.42 bits per heavy atom. The number of ketones is 1. The summed E-state index contributed by atoms with van der Waals surface area (Å²) < 4.78 is 37.1. The summed E-state index contributed by atoms with van der Waals surface area (Å²) in [5.74, 6) is -0.504. The number of nitrogens with zero attached hydrogens (tertiary/aromatic N) is 1. The minimum Gasteiger partial charge on any atom is -0.506 e. The van der Waals surface area contributed by atoms with Gasteiger partial charge in [-0.15, -0.1) is 4.33 Å². The number of aliphatic hydroxyl groups excluding tert-OH is 1. The molecule has 2 aromatic rings. The van der Waals surface area contributed by atoms with E-state index in [4.69, 9.17) is 5.26 Å². The van der Waals surface area contributed by atoms with Crippen LogP contribution in [0.25, 0.3) is 0 Å². The van der Waals surface area contributed by atoms with Crippen LogP contribution in [0.5, 0.6) is 0 Å². The van der Waals surface area contributed by atoms with Crippen molar-refractivity contribution in [1.82, 2.24) is 0 Å². The van der Waals surface area contributed by atoms with E-state index in [0.29, 0.717) is 33.2 Å². The number of aliphatic hydroxyl groups is 1. The van der Waals surface area contributed by atoms with Gasteiger partial charge in [0.25, 0.3) is 10.1 Å². The highest BCUT2D eigenvalue weighted by Crippen LogP contribution is 2.46. The van der Waals surface area contributed by atoms with E-state index in [1.807, 2.05) is 33.8 Å². The zero-order valence-electron chi connectivity index (χ0n) is 20.8. The molecule has 1 aliphatic carbocycles. The first-order chi connectivity index (χ1) is 17.7. The first-order valence-electron chi connectivity index (χ1n) is 11.4. The number of nitrogens with one attached hydrogen (secondary N) is 1. The summed E-state index contributed by atoms with van der Waals surface area (Å²) in [6.07, 6.45) is 3.14. The lowest BCUT2D eigenvalue weighted by atomic mass is 9.77. The molecule has 0 fully saturated rings. The Bertz CT molecular complexity index is 1630. The lowest BCUT2D eigenvalue weighted by Crippen LogP contribution is -2.28. The van der Waals surface area contributed by atoms with E-state index in [9.17, 15) is 22.9 Å². The van der Waals surface area contributed by atoms with E-state index in [1.165, 1.54) is 12.1 Å². The fourth-order valence-electron chi connectivity index (χ4n) is 4.80. The molecule has 2 heterocycles. The quantitative estimate of drug-likeness (QED) is 0.121. The fraction of sp³-hybridized carbons (Fsp3) is 0.231. The van der Waals surface area contributed by atoms with E-state index in [1.54, 1.807) is 30.4 Å². The maximum Gasteiger partial charge on any atom is 0.294 e. The average molecular weight is 557 g/mol. The van der Waals surface area contributed by atoms with Crippen LogP contribution in [0.2, 0.25) is 0 Å². The molecule has 12 heteroatoms. The summed E-state index contributed by atoms with van der Waals surface area (Å²) in [6, 6.07) is 9.63. The molecule has 38 heavy (non-hydrogen) atoms. The minimum atomic E-state index is -4.37. The molecule has 0 amide bonds. The third-order valence-electron chi connectivity index (χ3n) is 7.16. The second kappa shape index (κ2) is 8.90. The molecule has 198 valence electrons. The third kappa shape index (κ3) is 4.19. The Hall–Kier alpha value is -3.26. The molecule has 0 saturated carbocycles. The van der Waals surface area contributed by atoms with Crippen LogP contribution >= 0.6 is 12.0 Å². The van der Waals surface area contributed by atoms with Gasteiger partial charge in [0.2, 0.25) is 5.78 Å². The normalized spacial score (nSPS) is 21.3. The second-order valence-corrected chi connectivity index (χ2v) is 12.4. The maximum atomic E-state index is 13.1. The first-order valence-corrected chi connectivity index (χ1v) is 13.6. The largest absolute Gasteiger partial charge is 0.506 e. The molecule has 0 bridgehead atoms. The van der Waals surface area contributed by atoms with Gasteiger partial charge in [0, 0.05) is 27.1 Å². The topological polar surface area (TPSA) is 155 Å². The molecular weight excluding hydrogens is 532 g/mol. The zero-order chi connectivity index (χ0) is 27.6. The number of hydrogen-bond donors (Lipinski definition) is 4. The van der Waals surface area contributed by atoms with Crippen molar-refractivity contribution in [2.75, 3.05) is 5.32 Å². The number of fused-ring (bicyclic) bond motifs is 2. The maximum absolute atomic E-state index is 13.1. The zero-order valence-corrected chi connectivity index (χ0v) is 22.4. The lowest BCUT2D eigenvalue weighted by molar-refractivity contribution is -0.432. The van der Waals surface area contributed by atoms with Crippen molar-refractivity contribution in [2.24, 2.45) is 4.99 Å². The van der Waals surface area contributed by atoms with Crippen LogP contribution in [0, 0.1) is 0 Å². The van der Waals surface area contributed by atoms with E-state index in [-0.39, 0.29) is 27.6 Å². The molecule has 2 aliphatic heterocycles. The van der Waals surface area contributed by atoms with Crippen molar-refractivity contribution in [3.8, 4) is 0 Å². The van der Waals surface area contributed by atoms with Gasteiger partial charge >= 0.3 is 0 Å². The van der Waals surface area contributed by atoms with Crippen LogP contribution in [-0.4, -0.2) is 34.8 Å². The number of carbonyl (C=O) groups is 1. The van der Waals surface area contributed by atoms with Crippen molar-refractivity contribution in [3.63, 3.8) is 0 Å². The Labute approximate surface area is 223 Å². The molecule has 3 aliphatic rings. The highest BCUT2D eigenvalue weighted by molar-refractivity contribution is 7.94. The fourth-order valence-corrected chi connectivity index (χ4v) is 5.71. The van der Waals surface area contributed by atoms with Crippen molar-refractivity contribution in [2.45, 2.75) is 48.3 Å². The lowest BCUT2D eigenvalue weighted by Gasteiger charge is -2.25. The summed E-state index contributed by atoms with van der Waals surface area (Å²) >= 11 is 0.837. The van der Waals surface area contributed by atoms with Gasteiger partial charge in [0.05, 0.1) is 39.5 Å². The molecule has 0 aromatic heterocycles. The van der Waals surface area contributed by atoms with Gasteiger partial charge in [0.15, 0.2) is 0 Å². The first kappa shape index (κ1) is 26.4. The van der Waals surface area contributed by atoms with Gasteiger partial charge in [0.1, 0.15) is 5.76 Å². The Morgan fingerprint density at radius 2 is 1.76 bits per heavy atom. The van der Waals surface area contributed by atoms with Crippen LogP contribution in [0.4, 0.5) is 11.4 Å². The van der Waals surface area contributed by atoms with Gasteiger partial charge in [-0.05, 0) is 59.7 Å². The summed E-state index contributed by atoms with van der Waals surface area (Å²) in [5, 5.41) is 26.1. The molecule has 4 N–H and O–H groups in total. The van der Waals surface area contributed by atoms with Crippen LogP contribution in [0.1, 0.15) is 38.8 Å². The molecule has 0 spiro atoms.